The van der Waals surface area contributed by atoms with E-state index in [0.29, 0.717) is 23.2 Å². The van der Waals surface area contributed by atoms with Gasteiger partial charge in [0.15, 0.2) is 16.6 Å². The lowest BCUT2D eigenvalue weighted by Crippen LogP contribution is -2.33. The van der Waals surface area contributed by atoms with Crippen LogP contribution < -0.4 is 14.4 Å². The van der Waals surface area contributed by atoms with Gasteiger partial charge in [0.25, 0.3) is 0 Å². The van der Waals surface area contributed by atoms with E-state index in [-0.39, 0.29) is 24.7 Å². The Morgan fingerprint density at radius 1 is 1.15 bits per heavy atom. The summed E-state index contributed by atoms with van der Waals surface area (Å²) >= 11 is 5.03. The number of hydrogen-bond acceptors (Lipinski definition) is 6. The van der Waals surface area contributed by atoms with Crippen LogP contribution in [-0.4, -0.2) is 41.2 Å². The van der Waals surface area contributed by atoms with E-state index in [1.165, 1.54) is 11.3 Å². The maximum Gasteiger partial charge on any atom is 0.233 e. The Morgan fingerprint density at radius 3 is 2.70 bits per heavy atom. The van der Waals surface area contributed by atoms with E-state index >= 15 is 0 Å². The van der Waals surface area contributed by atoms with E-state index in [9.17, 15) is 4.79 Å². The van der Waals surface area contributed by atoms with Crippen molar-refractivity contribution in [1.82, 2.24) is 14.5 Å². The van der Waals surface area contributed by atoms with Gasteiger partial charge in [-0.15, -0.1) is 12.4 Å². The molecule has 10 heteroatoms. The Morgan fingerprint density at radius 2 is 1.97 bits per heavy atom. The van der Waals surface area contributed by atoms with Crippen molar-refractivity contribution in [2.24, 2.45) is 0 Å². The number of fused-ring (bicyclic) bond motifs is 1. The Balaban J connectivity index is 0.00000306. The molecule has 4 rings (SSSR count). The molecule has 4 aromatic rings. The third-order valence-electron chi connectivity index (χ3n) is 5.03. The van der Waals surface area contributed by atoms with E-state index in [1.807, 2.05) is 47.2 Å². The van der Waals surface area contributed by atoms with Crippen molar-refractivity contribution in [2.75, 3.05) is 25.7 Å². The summed E-state index contributed by atoms with van der Waals surface area (Å²) in [7, 11) is 3.18. The van der Waals surface area contributed by atoms with Crippen LogP contribution in [0.15, 0.2) is 59.6 Å². The summed E-state index contributed by atoms with van der Waals surface area (Å²) in [5, 5.41) is 0.703. The summed E-state index contributed by atoms with van der Waals surface area (Å²) < 4.78 is 14.7. The van der Waals surface area contributed by atoms with Gasteiger partial charge in [-0.25, -0.2) is 9.97 Å². The standard InChI is InChI=1S/C23H23BrN4O3S.ClH/c1-30-19-7-4-16(12-20(19)31-2)13-22(29)28(10-3-9-27-11-8-25-15-27)23-26-18-6-5-17(24)14-21(18)32-23;/h4-8,11-12,14-15H,3,9-10,13H2,1-2H3;1H. The van der Waals surface area contributed by atoms with Crippen LogP contribution in [0, 0.1) is 0 Å². The number of carbonyl (C=O) groups excluding carboxylic acids is 1. The average Bonchev–Trinajstić information content (AvgIpc) is 3.45. The minimum Gasteiger partial charge on any atom is -0.493 e. The summed E-state index contributed by atoms with van der Waals surface area (Å²) in [6, 6.07) is 11.5. The zero-order valence-corrected chi connectivity index (χ0v) is 21.5. The van der Waals surface area contributed by atoms with Gasteiger partial charge in [0, 0.05) is 30.0 Å². The highest BCUT2D eigenvalue weighted by Gasteiger charge is 2.21. The largest absolute Gasteiger partial charge is 0.493 e. The molecule has 0 aliphatic heterocycles. The molecule has 0 N–H and O–H groups in total. The maximum absolute atomic E-state index is 13.4. The number of carbonyl (C=O) groups is 1. The van der Waals surface area contributed by atoms with Crippen molar-refractivity contribution in [1.29, 1.82) is 0 Å². The molecular weight excluding hydrogens is 528 g/mol. The van der Waals surface area contributed by atoms with E-state index in [1.54, 1.807) is 31.6 Å². The zero-order chi connectivity index (χ0) is 22.5. The number of aromatic nitrogens is 3. The fourth-order valence-corrected chi connectivity index (χ4v) is 4.98. The van der Waals surface area contributed by atoms with Gasteiger partial charge in [0.2, 0.25) is 5.91 Å². The van der Waals surface area contributed by atoms with E-state index in [0.717, 1.165) is 33.2 Å². The summed E-state index contributed by atoms with van der Waals surface area (Å²) in [6.45, 7) is 1.34. The molecule has 0 unspecified atom stereocenters. The van der Waals surface area contributed by atoms with Crippen LogP contribution in [0.3, 0.4) is 0 Å². The number of benzene rings is 2. The predicted molar refractivity (Wildman–Crippen MR) is 137 cm³/mol. The lowest BCUT2D eigenvalue weighted by atomic mass is 10.1. The average molecular weight is 552 g/mol. The van der Waals surface area contributed by atoms with E-state index < -0.39 is 0 Å². The third kappa shape index (κ3) is 6.04. The maximum atomic E-state index is 13.4. The smallest absolute Gasteiger partial charge is 0.233 e. The highest BCUT2D eigenvalue weighted by Crippen LogP contribution is 2.32. The van der Waals surface area contributed by atoms with Gasteiger partial charge in [-0.2, -0.15) is 0 Å². The van der Waals surface area contributed by atoms with Gasteiger partial charge in [0.05, 0.1) is 37.2 Å². The second kappa shape index (κ2) is 11.5. The van der Waals surface area contributed by atoms with Crippen LogP contribution in [0.5, 0.6) is 11.5 Å². The number of methoxy groups -OCH3 is 2. The Labute approximate surface area is 210 Å². The van der Waals surface area contributed by atoms with Crippen LogP contribution >= 0.6 is 39.7 Å². The van der Waals surface area contributed by atoms with E-state index in [4.69, 9.17) is 14.5 Å². The molecule has 0 spiro atoms. The van der Waals surface area contributed by atoms with Crippen molar-refractivity contribution < 1.29 is 14.3 Å². The number of halogens is 2. The molecule has 0 saturated carbocycles. The van der Waals surface area contributed by atoms with Crippen molar-refractivity contribution in [3.63, 3.8) is 0 Å². The van der Waals surface area contributed by atoms with Gasteiger partial charge < -0.3 is 14.0 Å². The van der Waals surface area contributed by atoms with Gasteiger partial charge >= 0.3 is 0 Å². The molecular formula is C23H24BrClN4O3S. The van der Waals surface area contributed by atoms with Crippen LogP contribution in [0.4, 0.5) is 5.13 Å². The topological polar surface area (TPSA) is 69.5 Å². The number of ether oxygens (including phenoxy) is 2. The summed E-state index contributed by atoms with van der Waals surface area (Å²) in [6.07, 6.45) is 6.49. The third-order valence-corrected chi connectivity index (χ3v) is 6.57. The minimum absolute atomic E-state index is 0. The lowest BCUT2D eigenvalue weighted by molar-refractivity contribution is -0.118. The van der Waals surface area contributed by atoms with Crippen molar-refractivity contribution in [3.05, 3.63) is 65.2 Å². The first-order chi connectivity index (χ1) is 15.6. The van der Waals surface area contributed by atoms with Gasteiger partial charge in [-0.05, 0) is 42.3 Å². The number of hydrogen-bond donors (Lipinski definition) is 0. The second-order valence-electron chi connectivity index (χ2n) is 7.17. The molecule has 0 aliphatic rings. The van der Waals surface area contributed by atoms with Gasteiger partial charge in [-0.3, -0.25) is 9.69 Å². The molecule has 1 amide bonds. The lowest BCUT2D eigenvalue weighted by Gasteiger charge is -2.20. The monoisotopic (exact) mass is 550 g/mol. The molecule has 33 heavy (non-hydrogen) atoms. The molecule has 7 nitrogen and oxygen atoms in total. The van der Waals surface area contributed by atoms with Gasteiger partial charge in [0.1, 0.15) is 0 Å². The highest BCUT2D eigenvalue weighted by molar-refractivity contribution is 9.10. The zero-order valence-electron chi connectivity index (χ0n) is 18.2. The first kappa shape index (κ1) is 25.0. The summed E-state index contributed by atoms with van der Waals surface area (Å²) in [5.41, 5.74) is 1.74. The van der Waals surface area contributed by atoms with Crippen LogP contribution in [-0.2, 0) is 17.8 Å². The summed E-state index contributed by atoms with van der Waals surface area (Å²) in [5.74, 6) is 1.23. The number of imidazole rings is 1. The van der Waals surface area contributed by atoms with Crippen molar-refractivity contribution in [3.8, 4) is 11.5 Å². The quantitative estimate of drug-likeness (QED) is 0.280. The van der Waals surface area contributed by atoms with Crippen LogP contribution in [0.2, 0.25) is 0 Å². The Bertz CT molecular complexity index is 1220. The summed E-state index contributed by atoms with van der Waals surface area (Å²) in [4.78, 5) is 24.0. The normalized spacial score (nSPS) is 10.6. The fourth-order valence-electron chi connectivity index (χ4n) is 3.42. The fraction of sp³-hybridized carbons (Fsp3) is 0.261. The highest BCUT2D eigenvalue weighted by atomic mass is 79.9. The number of anilines is 1. The number of amides is 1. The van der Waals surface area contributed by atoms with E-state index in [2.05, 4.69) is 20.9 Å². The Hall–Kier alpha value is -2.62. The number of thiazole rings is 1. The first-order valence-corrected chi connectivity index (χ1v) is 11.7. The molecule has 2 heterocycles. The Kier molecular flexibility index (Phi) is 8.71. The molecule has 0 bridgehead atoms. The van der Waals surface area contributed by atoms with Crippen molar-refractivity contribution >= 4 is 60.9 Å². The number of aryl methyl sites for hydroxylation is 1. The predicted octanol–water partition coefficient (Wildman–Crippen LogP) is 5.36. The molecule has 0 saturated heterocycles. The number of rotatable bonds is 9. The molecule has 0 atom stereocenters. The molecule has 0 radical (unpaired) electrons. The number of nitrogens with zero attached hydrogens (tertiary/aromatic N) is 4. The van der Waals surface area contributed by atoms with Crippen molar-refractivity contribution in [2.45, 2.75) is 19.4 Å². The molecule has 2 aromatic carbocycles. The second-order valence-corrected chi connectivity index (χ2v) is 9.10. The molecule has 0 aliphatic carbocycles. The minimum atomic E-state index is -0.0130. The molecule has 2 aromatic heterocycles. The molecule has 0 fully saturated rings. The van der Waals surface area contributed by atoms with Crippen LogP contribution in [0.25, 0.3) is 10.2 Å². The van der Waals surface area contributed by atoms with Crippen LogP contribution in [0.1, 0.15) is 12.0 Å². The SMILES string of the molecule is COc1ccc(CC(=O)N(CCCn2ccnc2)c2nc3ccc(Br)cc3s2)cc1OC.Cl. The molecule has 174 valence electrons. The van der Waals surface area contributed by atoms with Gasteiger partial charge in [-0.1, -0.05) is 33.3 Å². The first-order valence-electron chi connectivity index (χ1n) is 10.1.